The molecule has 7 nitrogen and oxygen atoms in total. The van der Waals surface area contributed by atoms with E-state index in [0.717, 1.165) is 49.4 Å². The van der Waals surface area contributed by atoms with E-state index in [9.17, 15) is 9.18 Å². The Morgan fingerprint density at radius 2 is 2.03 bits per heavy atom. The third-order valence-corrected chi connectivity index (χ3v) is 6.46. The Labute approximate surface area is 180 Å². The van der Waals surface area contributed by atoms with Gasteiger partial charge in [0.05, 0.1) is 24.4 Å². The Morgan fingerprint density at radius 3 is 2.77 bits per heavy atom. The average molecular weight is 420 g/mol. The molecule has 160 valence electrons. The van der Waals surface area contributed by atoms with Crippen LogP contribution >= 0.6 is 0 Å². The molecule has 6 rings (SSSR count). The molecule has 3 saturated heterocycles. The number of halogens is 1. The summed E-state index contributed by atoms with van der Waals surface area (Å²) >= 11 is 0. The highest BCUT2D eigenvalue weighted by Crippen LogP contribution is 2.37. The molecule has 3 fully saturated rings. The van der Waals surface area contributed by atoms with Crippen LogP contribution in [-0.2, 0) is 17.9 Å². The van der Waals surface area contributed by atoms with E-state index in [4.69, 9.17) is 0 Å². The Morgan fingerprint density at radius 1 is 1.16 bits per heavy atom. The molecule has 0 spiro atoms. The number of piperidine rings is 3. The van der Waals surface area contributed by atoms with Gasteiger partial charge in [0.15, 0.2) is 0 Å². The number of rotatable bonds is 6. The molecule has 1 amide bonds. The van der Waals surface area contributed by atoms with Gasteiger partial charge >= 0.3 is 0 Å². The monoisotopic (exact) mass is 420 g/mol. The second-order valence-corrected chi connectivity index (χ2v) is 8.42. The molecule has 8 heteroatoms. The minimum Gasteiger partial charge on any atom is -0.352 e. The predicted molar refractivity (Wildman–Crippen MR) is 113 cm³/mol. The van der Waals surface area contributed by atoms with Gasteiger partial charge in [-0.2, -0.15) is 0 Å². The molecule has 2 bridgehead atoms. The number of fused-ring (bicyclic) bond motifs is 3. The Kier molecular flexibility index (Phi) is 5.46. The lowest BCUT2D eigenvalue weighted by molar-refractivity contribution is -0.133. The number of pyridine rings is 1. The SMILES string of the molecule is O=C(NCc1ccc(F)cc1)[C@H]1CN2CCC1C[C@@H]2Cn1cc(-c2ccccn2)nn1. The van der Waals surface area contributed by atoms with Gasteiger partial charge in [0.25, 0.3) is 0 Å². The van der Waals surface area contributed by atoms with Gasteiger partial charge in [-0.25, -0.2) is 4.39 Å². The zero-order valence-corrected chi connectivity index (χ0v) is 17.2. The topological polar surface area (TPSA) is 75.9 Å². The standard InChI is InChI=1S/C23H25FN6O/c24-18-6-4-16(5-7-18)12-26-23(31)20-14-29-10-8-17(20)11-19(29)13-30-15-22(27-28-30)21-3-1-2-9-25-21/h1-7,9,15,17,19-20H,8,10-14H2,(H,26,31)/t17?,19-,20+/m1/s1. The zero-order chi connectivity index (χ0) is 21.2. The van der Waals surface area contributed by atoms with Crippen LogP contribution in [0.3, 0.4) is 0 Å². The zero-order valence-electron chi connectivity index (χ0n) is 17.2. The summed E-state index contributed by atoms with van der Waals surface area (Å²) in [5, 5.41) is 11.6. The maximum atomic E-state index is 13.1. The quantitative estimate of drug-likeness (QED) is 0.663. The first-order valence-electron chi connectivity index (χ1n) is 10.7. The summed E-state index contributed by atoms with van der Waals surface area (Å²) in [7, 11) is 0. The minimum absolute atomic E-state index is 0.00488. The van der Waals surface area contributed by atoms with Gasteiger partial charge in [0.1, 0.15) is 11.5 Å². The van der Waals surface area contributed by atoms with Crippen molar-refractivity contribution in [2.45, 2.75) is 32.0 Å². The number of amides is 1. The van der Waals surface area contributed by atoms with E-state index in [2.05, 4.69) is 25.5 Å². The molecule has 0 radical (unpaired) electrons. The van der Waals surface area contributed by atoms with Gasteiger partial charge < -0.3 is 5.32 Å². The molecule has 1 aromatic carbocycles. The van der Waals surface area contributed by atoms with Crippen LogP contribution in [0.2, 0.25) is 0 Å². The van der Waals surface area contributed by atoms with Crippen LogP contribution in [0.15, 0.2) is 54.9 Å². The molecule has 1 N–H and O–H groups in total. The highest BCUT2D eigenvalue weighted by molar-refractivity contribution is 5.79. The summed E-state index contributed by atoms with van der Waals surface area (Å²) in [6.07, 6.45) is 5.72. The summed E-state index contributed by atoms with van der Waals surface area (Å²) < 4.78 is 14.9. The first-order valence-corrected chi connectivity index (χ1v) is 10.7. The van der Waals surface area contributed by atoms with E-state index >= 15 is 0 Å². The number of nitrogens with one attached hydrogen (secondary N) is 1. The fourth-order valence-electron chi connectivity index (χ4n) is 4.78. The summed E-state index contributed by atoms with van der Waals surface area (Å²) in [6.45, 7) is 2.98. The van der Waals surface area contributed by atoms with Gasteiger partial charge in [-0.05, 0) is 55.1 Å². The van der Waals surface area contributed by atoms with Crippen LogP contribution in [0.1, 0.15) is 18.4 Å². The number of hydrogen-bond acceptors (Lipinski definition) is 5. The molecule has 2 unspecified atom stereocenters. The van der Waals surface area contributed by atoms with Gasteiger partial charge in [0, 0.05) is 25.3 Å². The van der Waals surface area contributed by atoms with Crippen LogP contribution < -0.4 is 5.32 Å². The molecule has 5 heterocycles. The van der Waals surface area contributed by atoms with Crippen molar-refractivity contribution >= 4 is 5.91 Å². The summed E-state index contributed by atoms with van der Waals surface area (Å²) in [5.41, 5.74) is 2.50. The maximum absolute atomic E-state index is 13.1. The smallest absolute Gasteiger partial charge is 0.224 e. The molecule has 3 aliphatic rings. The van der Waals surface area contributed by atoms with Gasteiger partial charge in [-0.15, -0.1) is 5.10 Å². The van der Waals surface area contributed by atoms with Crippen molar-refractivity contribution in [1.29, 1.82) is 0 Å². The highest BCUT2D eigenvalue weighted by atomic mass is 19.1. The first-order chi connectivity index (χ1) is 15.2. The van der Waals surface area contributed by atoms with Crippen LogP contribution in [0.5, 0.6) is 0 Å². The lowest BCUT2D eigenvalue weighted by atomic mass is 9.75. The molecule has 0 saturated carbocycles. The molecule has 3 aromatic rings. The molecular weight excluding hydrogens is 395 g/mol. The number of carbonyl (C=O) groups is 1. The summed E-state index contributed by atoms with van der Waals surface area (Å²) in [4.78, 5) is 19.5. The van der Waals surface area contributed by atoms with Gasteiger partial charge in [-0.3, -0.25) is 19.4 Å². The van der Waals surface area contributed by atoms with Crippen molar-refractivity contribution in [2.24, 2.45) is 11.8 Å². The molecule has 0 aliphatic carbocycles. The van der Waals surface area contributed by atoms with Crippen molar-refractivity contribution in [3.8, 4) is 11.4 Å². The first kappa shape index (κ1) is 19.8. The van der Waals surface area contributed by atoms with E-state index in [1.807, 2.05) is 29.1 Å². The van der Waals surface area contributed by atoms with Crippen LogP contribution in [0.4, 0.5) is 4.39 Å². The second kappa shape index (κ2) is 8.55. The fraction of sp³-hybridized carbons (Fsp3) is 0.391. The fourth-order valence-corrected chi connectivity index (χ4v) is 4.78. The van der Waals surface area contributed by atoms with E-state index < -0.39 is 0 Å². The van der Waals surface area contributed by atoms with E-state index in [-0.39, 0.29) is 17.6 Å². The van der Waals surface area contributed by atoms with E-state index in [1.165, 1.54) is 12.1 Å². The van der Waals surface area contributed by atoms with Crippen molar-refractivity contribution < 1.29 is 9.18 Å². The molecule has 2 aromatic heterocycles. The van der Waals surface area contributed by atoms with Crippen molar-refractivity contribution in [3.05, 3.63) is 66.2 Å². The van der Waals surface area contributed by atoms with Gasteiger partial charge in [0.2, 0.25) is 5.91 Å². The maximum Gasteiger partial charge on any atom is 0.224 e. The lowest BCUT2D eigenvalue weighted by Crippen LogP contribution is -2.57. The lowest BCUT2D eigenvalue weighted by Gasteiger charge is -2.49. The number of benzene rings is 1. The van der Waals surface area contributed by atoms with Crippen LogP contribution in [0, 0.1) is 17.7 Å². The average Bonchev–Trinajstić information content (AvgIpc) is 3.28. The molecule has 3 aliphatic heterocycles. The molecule has 31 heavy (non-hydrogen) atoms. The van der Waals surface area contributed by atoms with Crippen molar-refractivity contribution in [1.82, 2.24) is 30.2 Å². The molecular formula is C23H25FN6O. The predicted octanol–water partition coefficient (Wildman–Crippen LogP) is 2.51. The summed E-state index contributed by atoms with van der Waals surface area (Å²) in [6, 6.07) is 12.4. The Bertz CT molecular complexity index is 1040. The minimum atomic E-state index is -0.266. The van der Waals surface area contributed by atoms with E-state index in [1.54, 1.807) is 18.3 Å². The number of aromatic nitrogens is 4. The van der Waals surface area contributed by atoms with Crippen molar-refractivity contribution in [3.63, 3.8) is 0 Å². The third-order valence-electron chi connectivity index (χ3n) is 6.46. The van der Waals surface area contributed by atoms with Crippen molar-refractivity contribution in [2.75, 3.05) is 13.1 Å². The summed E-state index contributed by atoms with van der Waals surface area (Å²) in [5.74, 6) is 0.209. The highest BCUT2D eigenvalue weighted by Gasteiger charge is 2.43. The van der Waals surface area contributed by atoms with E-state index in [0.29, 0.717) is 18.5 Å². The number of nitrogens with zero attached hydrogens (tertiary/aromatic N) is 5. The Balaban J connectivity index is 1.18. The largest absolute Gasteiger partial charge is 0.352 e. The normalized spacial score (nSPS) is 24.8. The van der Waals surface area contributed by atoms with Gasteiger partial charge in [-0.1, -0.05) is 23.4 Å². The number of hydrogen-bond donors (Lipinski definition) is 1. The third kappa shape index (κ3) is 4.34. The Hall–Kier alpha value is -3.13. The molecule has 4 atom stereocenters. The van der Waals surface area contributed by atoms with Crippen LogP contribution in [0.25, 0.3) is 11.4 Å². The van der Waals surface area contributed by atoms with Crippen LogP contribution in [-0.4, -0.2) is 49.9 Å². The second-order valence-electron chi connectivity index (χ2n) is 8.42. The number of carbonyl (C=O) groups excluding carboxylic acids is 1.